The highest BCUT2D eigenvalue weighted by Crippen LogP contribution is 2.85. The van der Waals surface area contributed by atoms with Gasteiger partial charge in [-0.05, 0) is 23.1 Å². The minimum atomic E-state index is -1.35. The van der Waals surface area contributed by atoms with Gasteiger partial charge in [-0.3, -0.25) is 18.9 Å². The Kier molecular flexibility index (Phi) is 3.73. The van der Waals surface area contributed by atoms with E-state index in [1.807, 2.05) is 11.1 Å². The fourth-order valence-corrected chi connectivity index (χ4v) is 5.39. The lowest BCUT2D eigenvalue weighted by atomic mass is 10.0. The Bertz CT molecular complexity index is 1180. The van der Waals surface area contributed by atoms with Crippen LogP contribution in [0, 0.1) is 0 Å². The van der Waals surface area contributed by atoms with Gasteiger partial charge >= 0.3 is 17.7 Å². The molecule has 7 aliphatic heterocycles. The number of nitrogens with zero attached hydrogens (tertiary/aromatic N) is 2. The predicted molar refractivity (Wildman–Crippen MR) is 114 cm³/mol. The Hall–Kier alpha value is -1.96. The van der Waals surface area contributed by atoms with Crippen molar-refractivity contribution in [1.29, 1.82) is 0 Å². The van der Waals surface area contributed by atoms with Gasteiger partial charge in [0.25, 0.3) is 0 Å². The second-order valence-electron chi connectivity index (χ2n) is 10.3. The molecule has 7 heterocycles. The van der Waals surface area contributed by atoms with Gasteiger partial charge in [0.15, 0.2) is 0 Å². The smallest absolute Gasteiger partial charge is 0.358 e. The highest BCUT2D eigenvalue weighted by Gasteiger charge is 3.15. The van der Waals surface area contributed by atoms with E-state index in [-0.39, 0.29) is 18.3 Å². The molecule has 0 saturated carbocycles. The number of hydrogen-bond donors (Lipinski definition) is 0. The molecule has 9 rings (SSSR count). The van der Waals surface area contributed by atoms with E-state index in [1.54, 1.807) is 5.06 Å². The van der Waals surface area contributed by atoms with E-state index in [0.717, 1.165) is 12.0 Å². The van der Waals surface area contributed by atoms with E-state index < -0.39 is 23.5 Å². The molecule has 0 aromatic heterocycles. The Morgan fingerprint density at radius 3 is 2.17 bits per heavy atom. The number of ether oxygens (including phenoxy) is 7. The number of rotatable bonds is 7. The highest BCUT2D eigenvalue weighted by molar-refractivity contribution is 5.34. The van der Waals surface area contributed by atoms with Crippen molar-refractivity contribution in [1.82, 2.24) is 10.1 Å². The molecule has 2 aromatic carbocycles. The minimum absolute atomic E-state index is 0.0455. The third kappa shape index (κ3) is 2.89. The van der Waals surface area contributed by atoms with Crippen molar-refractivity contribution < 1.29 is 38.1 Å². The molecule has 10 heteroatoms. The van der Waals surface area contributed by atoms with Gasteiger partial charge in [-0.2, -0.15) is 5.06 Å². The van der Waals surface area contributed by atoms with Gasteiger partial charge in [0, 0.05) is 0 Å². The molecular weight excluding hydrogens is 456 g/mol. The summed E-state index contributed by atoms with van der Waals surface area (Å²) in [6, 6.07) is 18.9. The second-order valence-corrected chi connectivity index (χ2v) is 10.3. The molecule has 182 valence electrons. The first-order chi connectivity index (χ1) is 17.1. The van der Waals surface area contributed by atoms with Crippen LogP contribution in [0.4, 0.5) is 0 Å². The Labute approximate surface area is 201 Å². The minimum Gasteiger partial charge on any atom is -0.372 e. The summed E-state index contributed by atoms with van der Waals surface area (Å²) in [5.74, 6) is -4.27. The maximum Gasteiger partial charge on any atom is 0.358 e. The van der Waals surface area contributed by atoms with Crippen LogP contribution in [0.3, 0.4) is 0 Å². The van der Waals surface area contributed by atoms with E-state index in [2.05, 4.69) is 48.5 Å². The lowest BCUT2D eigenvalue weighted by molar-refractivity contribution is -0.477. The topological polar surface area (TPSA) is 96.8 Å². The predicted octanol–water partition coefficient (Wildman–Crippen LogP) is 1.42. The molecule has 0 bridgehead atoms. The summed E-state index contributed by atoms with van der Waals surface area (Å²) in [5.41, 5.74) is 3.56. The van der Waals surface area contributed by atoms with Gasteiger partial charge < -0.3 is 14.2 Å². The standard InChI is InChI=1S/C25H24N2O8/c1-2-4-16(5-3-1)10-17-6-8-18(9-7-17)21-22(30-21)15-26(11-19-13-28-19)35-27(12-20-14-29-20)24(31-22)23-25(32-23,33-23)34-24/h1-9,19-21H,10-15H2. The van der Waals surface area contributed by atoms with Crippen molar-refractivity contribution in [3.63, 3.8) is 0 Å². The average Bonchev–Trinajstić information content (AvgIpc) is 3.62. The maximum absolute atomic E-state index is 6.66. The van der Waals surface area contributed by atoms with Gasteiger partial charge in [0.2, 0.25) is 5.79 Å². The number of hydroxylamine groups is 4. The SMILES string of the molecule is c1ccc(Cc2ccc(C3OC34CN(CC3CO3)ON(CC3CO3)C3(O4)OC45OC43O5)cc2)cc1. The maximum atomic E-state index is 6.66. The molecule has 0 radical (unpaired) electrons. The molecule has 0 aliphatic carbocycles. The van der Waals surface area contributed by atoms with E-state index >= 15 is 0 Å². The molecule has 2 aromatic rings. The first-order valence-corrected chi connectivity index (χ1v) is 12.2. The van der Waals surface area contributed by atoms with Crippen molar-refractivity contribution in [2.24, 2.45) is 0 Å². The molecule has 5 unspecified atom stereocenters. The van der Waals surface area contributed by atoms with Crippen molar-refractivity contribution >= 4 is 0 Å². The monoisotopic (exact) mass is 480 g/mol. The van der Waals surface area contributed by atoms with Crippen LogP contribution in [0.5, 0.6) is 0 Å². The summed E-state index contributed by atoms with van der Waals surface area (Å²) in [6.45, 7) is 2.82. The van der Waals surface area contributed by atoms with Gasteiger partial charge in [0.1, 0.15) is 6.10 Å². The van der Waals surface area contributed by atoms with Crippen molar-refractivity contribution in [2.45, 2.75) is 48.2 Å². The van der Waals surface area contributed by atoms with Crippen molar-refractivity contribution in [3.05, 3.63) is 71.3 Å². The van der Waals surface area contributed by atoms with E-state index in [9.17, 15) is 0 Å². The molecule has 35 heavy (non-hydrogen) atoms. The third-order valence-electron chi connectivity index (χ3n) is 7.59. The molecule has 7 saturated heterocycles. The average molecular weight is 480 g/mol. The van der Waals surface area contributed by atoms with Crippen LogP contribution in [0.1, 0.15) is 22.8 Å². The van der Waals surface area contributed by atoms with Crippen molar-refractivity contribution in [2.75, 3.05) is 32.8 Å². The molecule has 0 amide bonds. The molecule has 7 fully saturated rings. The lowest BCUT2D eigenvalue weighted by Crippen LogP contribution is -2.65. The normalized spacial score (nSPS) is 46.5. The first kappa shape index (κ1) is 20.1. The second kappa shape index (κ2) is 6.48. The lowest BCUT2D eigenvalue weighted by Gasteiger charge is -2.39. The molecule has 0 N–H and O–H groups in total. The van der Waals surface area contributed by atoms with Crippen LogP contribution in [0.25, 0.3) is 0 Å². The largest absolute Gasteiger partial charge is 0.372 e. The Balaban J connectivity index is 1.00. The van der Waals surface area contributed by atoms with Crippen molar-refractivity contribution in [3.8, 4) is 0 Å². The summed E-state index contributed by atoms with van der Waals surface area (Å²) in [6.07, 6.45) is 0.778. The third-order valence-corrected chi connectivity index (χ3v) is 7.59. The van der Waals surface area contributed by atoms with Gasteiger partial charge in [0.05, 0.1) is 45.1 Å². The molecule has 2 spiro atoms. The summed E-state index contributed by atoms with van der Waals surface area (Å²) in [4.78, 5) is 6.32. The quantitative estimate of drug-likeness (QED) is 0.542. The number of epoxide rings is 5. The fraction of sp³-hybridized carbons (Fsp3) is 0.520. The molecule has 7 aliphatic rings. The van der Waals surface area contributed by atoms with Crippen LogP contribution in [0.15, 0.2) is 54.6 Å². The molecule has 10 nitrogen and oxygen atoms in total. The van der Waals surface area contributed by atoms with Gasteiger partial charge in [-0.1, -0.05) is 54.6 Å². The zero-order chi connectivity index (χ0) is 22.9. The molecule has 5 atom stereocenters. The van der Waals surface area contributed by atoms with Crippen LogP contribution in [0.2, 0.25) is 0 Å². The Morgan fingerprint density at radius 2 is 1.51 bits per heavy atom. The van der Waals surface area contributed by atoms with Crippen LogP contribution in [-0.4, -0.2) is 78.6 Å². The van der Waals surface area contributed by atoms with Gasteiger partial charge in [-0.15, -0.1) is 5.06 Å². The number of hydrogen-bond acceptors (Lipinski definition) is 10. The van der Waals surface area contributed by atoms with Crippen LogP contribution < -0.4 is 0 Å². The number of benzene rings is 2. The van der Waals surface area contributed by atoms with E-state index in [4.69, 9.17) is 38.1 Å². The summed E-state index contributed by atoms with van der Waals surface area (Å²) in [7, 11) is 0. The summed E-state index contributed by atoms with van der Waals surface area (Å²) in [5, 5.41) is 3.49. The zero-order valence-corrected chi connectivity index (χ0v) is 18.8. The zero-order valence-electron chi connectivity index (χ0n) is 18.8. The van der Waals surface area contributed by atoms with E-state index in [0.29, 0.717) is 32.8 Å². The summed E-state index contributed by atoms with van der Waals surface area (Å²) < 4.78 is 41.4. The first-order valence-electron chi connectivity index (χ1n) is 12.2. The Morgan fingerprint density at radius 1 is 0.800 bits per heavy atom. The van der Waals surface area contributed by atoms with Gasteiger partial charge in [-0.25, -0.2) is 4.94 Å². The fourth-order valence-electron chi connectivity index (χ4n) is 5.39. The summed E-state index contributed by atoms with van der Waals surface area (Å²) >= 11 is 0. The highest BCUT2D eigenvalue weighted by atomic mass is 17.2. The van der Waals surface area contributed by atoms with E-state index in [1.165, 1.54) is 11.1 Å². The van der Waals surface area contributed by atoms with Crippen LogP contribution in [-0.2, 0) is 44.5 Å². The molecular formula is C25H24N2O8. The van der Waals surface area contributed by atoms with Crippen LogP contribution >= 0.6 is 0 Å².